The number of benzene rings is 1. The number of hydrogen-bond donors (Lipinski definition) is 0. The van der Waals surface area contributed by atoms with Crippen LogP contribution in [0.15, 0.2) is 48.7 Å². The van der Waals surface area contributed by atoms with Gasteiger partial charge in [0.05, 0.1) is 0 Å². The second kappa shape index (κ2) is 7.27. The molecule has 0 N–H and O–H groups in total. The average Bonchev–Trinajstić information content (AvgIpc) is 2.47. The molecule has 104 valence electrons. The number of aromatic nitrogens is 1. The molecule has 1 amide bonds. The lowest BCUT2D eigenvalue weighted by molar-refractivity contribution is 0.0753. The van der Waals surface area contributed by atoms with Gasteiger partial charge in [-0.05, 0) is 17.7 Å². The van der Waals surface area contributed by atoms with E-state index in [1.165, 1.54) is 6.20 Å². The molecule has 0 unspecified atom stereocenters. The summed E-state index contributed by atoms with van der Waals surface area (Å²) < 4.78 is 0. The third-order valence-electron chi connectivity index (χ3n) is 2.83. The Morgan fingerprint density at radius 1 is 1.20 bits per heavy atom. The van der Waals surface area contributed by atoms with Crippen LogP contribution in [0.2, 0.25) is 5.15 Å². The van der Waals surface area contributed by atoms with Gasteiger partial charge in [-0.1, -0.05) is 41.9 Å². The molecule has 0 saturated heterocycles. The highest BCUT2D eigenvalue weighted by molar-refractivity contribution is 6.29. The lowest BCUT2D eigenvalue weighted by Crippen LogP contribution is -2.32. The second-order valence-electron chi connectivity index (χ2n) is 4.27. The first kappa shape index (κ1) is 14.8. The molecule has 0 radical (unpaired) electrons. The fourth-order valence-electron chi connectivity index (χ4n) is 1.88. The zero-order valence-electron chi connectivity index (χ0n) is 10.8. The van der Waals surface area contributed by atoms with Crippen molar-refractivity contribution in [1.82, 2.24) is 9.88 Å². The van der Waals surface area contributed by atoms with Gasteiger partial charge in [0, 0.05) is 30.7 Å². The number of rotatable bonds is 5. The van der Waals surface area contributed by atoms with Crippen LogP contribution in [-0.4, -0.2) is 28.2 Å². The molecule has 0 bridgehead atoms. The van der Waals surface area contributed by atoms with Crippen molar-refractivity contribution in [2.75, 3.05) is 12.4 Å². The molecule has 2 aromatic rings. The third kappa shape index (κ3) is 3.95. The molecule has 1 aromatic heterocycles. The Hall–Kier alpha value is -1.58. The number of halogens is 2. The Labute approximate surface area is 128 Å². The fraction of sp³-hybridized carbons (Fsp3) is 0.200. The largest absolute Gasteiger partial charge is 0.333 e. The summed E-state index contributed by atoms with van der Waals surface area (Å²) in [5.41, 5.74) is 1.58. The summed E-state index contributed by atoms with van der Waals surface area (Å²) in [5.74, 6) is 0.288. The van der Waals surface area contributed by atoms with E-state index in [9.17, 15) is 4.79 Å². The van der Waals surface area contributed by atoms with Gasteiger partial charge in [-0.15, -0.1) is 11.6 Å². The summed E-state index contributed by atoms with van der Waals surface area (Å²) in [7, 11) is 0. The van der Waals surface area contributed by atoms with Gasteiger partial charge in [0.1, 0.15) is 5.15 Å². The van der Waals surface area contributed by atoms with E-state index in [4.69, 9.17) is 23.2 Å². The van der Waals surface area contributed by atoms with E-state index < -0.39 is 0 Å². The summed E-state index contributed by atoms with van der Waals surface area (Å²) in [6, 6.07) is 13.0. The minimum Gasteiger partial charge on any atom is -0.333 e. The minimum absolute atomic E-state index is 0.0983. The number of carbonyl (C=O) groups is 1. The molecule has 2 rings (SSSR count). The smallest absolute Gasteiger partial charge is 0.254 e. The van der Waals surface area contributed by atoms with Crippen molar-refractivity contribution in [2.45, 2.75) is 6.54 Å². The van der Waals surface area contributed by atoms with Crippen LogP contribution in [0.25, 0.3) is 0 Å². The van der Waals surface area contributed by atoms with E-state index >= 15 is 0 Å². The maximum atomic E-state index is 12.5. The highest BCUT2D eigenvalue weighted by Crippen LogP contribution is 2.13. The summed E-state index contributed by atoms with van der Waals surface area (Å²) >= 11 is 11.6. The number of carbonyl (C=O) groups excluding carboxylic acids is 1. The normalized spacial score (nSPS) is 10.3. The highest BCUT2D eigenvalue weighted by Gasteiger charge is 2.16. The van der Waals surface area contributed by atoms with Crippen LogP contribution in [0.4, 0.5) is 0 Å². The second-order valence-corrected chi connectivity index (χ2v) is 5.03. The molecule has 0 fully saturated rings. The molecule has 20 heavy (non-hydrogen) atoms. The van der Waals surface area contributed by atoms with E-state index in [0.717, 1.165) is 5.56 Å². The Bertz CT molecular complexity index is 575. The van der Waals surface area contributed by atoms with Crippen molar-refractivity contribution < 1.29 is 4.79 Å². The molecule has 0 aliphatic carbocycles. The standard InChI is InChI=1S/C15H14Cl2N2O/c16-7-9-19(11-12-4-2-1-3-5-12)15(20)13-6-8-18-14(17)10-13/h1-6,8,10H,7,9,11H2. The van der Waals surface area contributed by atoms with Crippen LogP contribution in [-0.2, 0) is 6.54 Å². The predicted molar refractivity (Wildman–Crippen MR) is 81.1 cm³/mol. The first-order valence-electron chi connectivity index (χ1n) is 6.21. The number of pyridine rings is 1. The van der Waals surface area contributed by atoms with Gasteiger partial charge < -0.3 is 4.90 Å². The fourth-order valence-corrected chi connectivity index (χ4v) is 2.25. The Morgan fingerprint density at radius 2 is 1.95 bits per heavy atom. The lowest BCUT2D eigenvalue weighted by atomic mass is 10.2. The minimum atomic E-state index is -0.0983. The van der Waals surface area contributed by atoms with E-state index in [0.29, 0.717) is 29.7 Å². The monoisotopic (exact) mass is 308 g/mol. The third-order valence-corrected chi connectivity index (χ3v) is 3.21. The SMILES string of the molecule is O=C(c1ccnc(Cl)c1)N(CCCl)Cc1ccccc1. The van der Waals surface area contributed by atoms with Crippen LogP contribution in [0.5, 0.6) is 0 Å². The number of amides is 1. The van der Waals surface area contributed by atoms with E-state index in [2.05, 4.69) is 4.98 Å². The highest BCUT2D eigenvalue weighted by atomic mass is 35.5. The van der Waals surface area contributed by atoms with Gasteiger partial charge >= 0.3 is 0 Å². The van der Waals surface area contributed by atoms with Crippen molar-refractivity contribution in [3.05, 3.63) is 64.9 Å². The molecular weight excluding hydrogens is 295 g/mol. The maximum absolute atomic E-state index is 12.5. The Kier molecular flexibility index (Phi) is 5.39. The van der Waals surface area contributed by atoms with Crippen molar-refractivity contribution >= 4 is 29.1 Å². The van der Waals surface area contributed by atoms with Gasteiger partial charge in [-0.3, -0.25) is 4.79 Å². The topological polar surface area (TPSA) is 33.2 Å². The van der Waals surface area contributed by atoms with Crippen LogP contribution in [0.3, 0.4) is 0 Å². The molecule has 5 heteroatoms. The van der Waals surface area contributed by atoms with Gasteiger partial charge in [0.2, 0.25) is 0 Å². The molecule has 0 aliphatic heterocycles. The molecule has 0 spiro atoms. The first-order chi connectivity index (χ1) is 9.70. The van der Waals surface area contributed by atoms with Crippen molar-refractivity contribution in [2.24, 2.45) is 0 Å². The number of hydrogen-bond acceptors (Lipinski definition) is 2. The van der Waals surface area contributed by atoms with Crippen molar-refractivity contribution in [3.8, 4) is 0 Å². The summed E-state index contributed by atoms with van der Waals surface area (Å²) in [4.78, 5) is 18.1. The van der Waals surface area contributed by atoms with E-state index in [1.807, 2.05) is 30.3 Å². The van der Waals surface area contributed by atoms with Gasteiger partial charge in [0.25, 0.3) is 5.91 Å². The van der Waals surface area contributed by atoms with E-state index in [1.54, 1.807) is 17.0 Å². The average molecular weight is 309 g/mol. The number of alkyl halides is 1. The Morgan fingerprint density at radius 3 is 2.60 bits per heavy atom. The lowest BCUT2D eigenvalue weighted by Gasteiger charge is -2.22. The Balaban J connectivity index is 2.18. The van der Waals surface area contributed by atoms with Crippen LogP contribution in [0.1, 0.15) is 15.9 Å². The molecule has 0 saturated carbocycles. The molecule has 0 aliphatic rings. The summed E-state index contributed by atoms with van der Waals surface area (Å²) in [6.45, 7) is 1.00. The van der Waals surface area contributed by atoms with Gasteiger partial charge in [0.15, 0.2) is 0 Å². The maximum Gasteiger partial charge on any atom is 0.254 e. The van der Waals surface area contributed by atoms with Crippen molar-refractivity contribution in [3.63, 3.8) is 0 Å². The molecule has 1 heterocycles. The number of nitrogens with zero attached hydrogens (tertiary/aromatic N) is 2. The summed E-state index contributed by atoms with van der Waals surface area (Å²) in [5, 5.41) is 0.307. The molecule has 1 aromatic carbocycles. The van der Waals surface area contributed by atoms with Gasteiger partial charge in [-0.25, -0.2) is 4.98 Å². The first-order valence-corrected chi connectivity index (χ1v) is 7.12. The van der Waals surface area contributed by atoms with Crippen molar-refractivity contribution in [1.29, 1.82) is 0 Å². The van der Waals surface area contributed by atoms with Gasteiger partial charge in [-0.2, -0.15) is 0 Å². The molecule has 0 atom stereocenters. The van der Waals surface area contributed by atoms with Crippen LogP contribution < -0.4 is 0 Å². The predicted octanol–water partition coefficient (Wildman–Crippen LogP) is 3.62. The molecular formula is C15H14Cl2N2O. The summed E-state index contributed by atoms with van der Waals surface area (Å²) in [6.07, 6.45) is 1.52. The quantitative estimate of drug-likeness (QED) is 0.624. The zero-order valence-corrected chi connectivity index (χ0v) is 12.3. The van der Waals surface area contributed by atoms with E-state index in [-0.39, 0.29) is 5.91 Å². The molecule has 3 nitrogen and oxygen atoms in total. The van der Waals surface area contributed by atoms with Crippen LogP contribution >= 0.6 is 23.2 Å². The zero-order chi connectivity index (χ0) is 14.4. The van der Waals surface area contributed by atoms with Crippen LogP contribution in [0, 0.1) is 0 Å².